The standard InChI is InChI=1S/C27H33N7O3/c1-27(2,3)37-26(35)33-14-12-32(13-15-33)23-8-6-7-21(30-23)25-20-17-19(10-11-28)29-18-22(20)34(31-25)24-9-4-5-16-36-24/h6-8,17-18,24H,4-5,9-10,12-16H2,1-3H3. The van der Waals surface area contributed by atoms with Crippen molar-refractivity contribution >= 4 is 22.8 Å². The predicted molar refractivity (Wildman–Crippen MR) is 139 cm³/mol. The normalized spacial score (nSPS) is 18.6. The minimum absolute atomic E-state index is 0.141. The largest absolute Gasteiger partial charge is 0.444 e. The van der Waals surface area contributed by atoms with Crippen molar-refractivity contribution in [1.82, 2.24) is 24.6 Å². The first kappa shape index (κ1) is 25.0. The minimum Gasteiger partial charge on any atom is -0.444 e. The van der Waals surface area contributed by atoms with E-state index in [9.17, 15) is 10.1 Å². The van der Waals surface area contributed by atoms with E-state index >= 15 is 0 Å². The monoisotopic (exact) mass is 503 g/mol. The number of ether oxygens (including phenoxy) is 2. The molecule has 3 aromatic heterocycles. The number of hydrogen-bond acceptors (Lipinski definition) is 8. The van der Waals surface area contributed by atoms with Gasteiger partial charge in [0.25, 0.3) is 0 Å². The van der Waals surface area contributed by atoms with Crippen LogP contribution in [-0.4, -0.2) is 69.1 Å². The summed E-state index contributed by atoms with van der Waals surface area (Å²) in [7, 11) is 0. The number of carbonyl (C=O) groups excluding carboxylic acids is 1. The Morgan fingerprint density at radius 1 is 1.22 bits per heavy atom. The molecular formula is C27H33N7O3. The van der Waals surface area contributed by atoms with E-state index in [4.69, 9.17) is 19.6 Å². The highest BCUT2D eigenvalue weighted by Crippen LogP contribution is 2.33. The third-order valence-corrected chi connectivity index (χ3v) is 6.57. The van der Waals surface area contributed by atoms with Crippen molar-refractivity contribution in [2.75, 3.05) is 37.7 Å². The van der Waals surface area contributed by atoms with Gasteiger partial charge in [-0.25, -0.2) is 14.5 Å². The SMILES string of the molecule is CC(C)(C)OC(=O)N1CCN(c2cccc(-c3nn(C4CCCCO4)c4cnc(CC#N)cc34)n2)CC1. The van der Waals surface area contributed by atoms with E-state index in [-0.39, 0.29) is 18.7 Å². The molecular weight excluding hydrogens is 470 g/mol. The Balaban J connectivity index is 1.42. The van der Waals surface area contributed by atoms with Crippen LogP contribution in [0.25, 0.3) is 22.3 Å². The molecule has 0 aliphatic carbocycles. The fourth-order valence-corrected chi connectivity index (χ4v) is 4.76. The quantitative estimate of drug-likeness (QED) is 0.518. The first-order chi connectivity index (χ1) is 17.8. The molecule has 0 radical (unpaired) electrons. The summed E-state index contributed by atoms with van der Waals surface area (Å²) in [6, 6.07) is 10.0. The maximum Gasteiger partial charge on any atom is 0.410 e. The number of hydrogen-bond donors (Lipinski definition) is 0. The number of pyridine rings is 2. The fourth-order valence-electron chi connectivity index (χ4n) is 4.76. The van der Waals surface area contributed by atoms with Gasteiger partial charge in [-0.05, 0) is 58.2 Å². The molecule has 5 rings (SSSR count). The highest BCUT2D eigenvalue weighted by molar-refractivity contribution is 5.92. The van der Waals surface area contributed by atoms with Gasteiger partial charge < -0.3 is 19.3 Å². The van der Waals surface area contributed by atoms with Crippen LogP contribution in [0.4, 0.5) is 10.6 Å². The smallest absolute Gasteiger partial charge is 0.410 e. The highest BCUT2D eigenvalue weighted by atomic mass is 16.6. The van der Waals surface area contributed by atoms with Gasteiger partial charge in [0, 0.05) is 38.2 Å². The van der Waals surface area contributed by atoms with Crippen molar-refractivity contribution in [3.05, 3.63) is 36.2 Å². The number of anilines is 1. The summed E-state index contributed by atoms with van der Waals surface area (Å²) in [5.74, 6) is 0.837. The summed E-state index contributed by atoms with van der Waals surface area (Å²) in [6.07, 6.45) is 4.63. The van der Waals surface area contributed by atoms with Crippen LogP contribution in [0.15, 0.2) is 30.5 Å². The van der Waals surface area contributed by atoms with Gasteiger partial charge in [0.05, 0.1) is 35.6 Å². The minimum atomic E-state index is -0.512. The van der Waals surface area contributed by atoms with E-state index in [1.165, 1.54) is 0 Å². The molecule has 2 aliphatic heterocycles. The molecule has 0 aromatic carbocycles. The van der Waals surface area contributed by atoms with Crippen molar-refractivity contribution in [3.8, 4) is 17.5 Å². The summed E-state index contributed by atoms with van der Waals surface area (Å²) in [5.41, 5.74) is 2.57. The van der Waals surface area contributed by atoms with Crippen molar-refractivity contribution in [1.29, 1.82) is 5.26 Å². The number of aromatic nitrogens is 4. The van der Waals surface area contributed by atoms with Gasteiger partial charge in [-0.15, -0.1) is 0 Å². The van der Waals surface area contributed by atoms with Gasteiger partial charge in [0.1, 0.15) is 17.1 Å². The number of nitrogens with zero attached hydrogens (tertiary/aromatic N) is 7. The second-order valence-electron chi connectivity index (χ2n) is 10.5. The van der Waals surface area contributed by atoms with Gasteiger partial charge in [-0.3, -0.25) is 4.98 Å². The van der Waals surface area contributed by atoms with Crippen LogP contribution in [0.5, 0.6) is 0 Å². The molecule has 0 N–H and O–H groups in total. The Morgan fingerprint density at radius 3 is 2.73 bits per heavy atom. The maximum absolute atomic E-state index is 12.5. The Morgan fingerprint density at radius 2 is 2.03 bits per heavy atom. The van der Waals surface area contributed by atoms with Crippen LogP contribution < -0.4 is 4.90 Å². The number of amides is 1. The van der Waals surface area contributed by atoms with E-state index in [1.54, 1.807) is 11.1 Å². The number of nitriles is 1. The van der Waals surface area contributed by atoms with E-state index in [0.717, 1.165) is 47.4 Å². The lowest BCUT2D eigenvalue weighted by molar-refractivity contribution is -0.0365. The molecule has 10 heteroatoms. The molecule has 2 saturated heterocycles. The summed E-state index contributed by atoms with van der Waals surface area (Å²) in [5, 5.41) is 15.1. The zero-order valence-electron chi connectivity index (χ0n) is 21.7. The zero-order valence-corrected chi connectivity index (χ0v) is 21.7. The lowest BCUT2D eigenvalue weighted by atomic mass is 10.1. The van der Waals surface area contributed by atoms with Gasteiger partial charge in [0.15, 0.2) is 6.23 Å². The van der Waals surface area contributed by atoms with E-state index < -0.39 is 5.60 Å². The maximum atomic E-state index is 12.5. The molecule has 10 nitrogen and oxygen atoms in total. The second-order valence-corrected chi connectivity index (χ2v) is 10.5. The Hall–Kier alpha value is -3.71. The van der Waals surface area contributed by atoms with E-state index in [2.05, 4.69) is 16.0 Å². The first-order valence-electron chi connectivity index (χ1n) is 12.9. The Labute approximate surface area is 216 Å². The Bertz CT molecular complexity index is 1310. The molecule has 1 unspecified atom stereocenters. The average molecular weight is 504 g/mol. The van der Waals surface area contributed by atoms with Crippen LogP contribution in [0.2, 0.25) is 0 Å². The van der Waals surface area contributed by atoms with Crippen LogP contribution in [0.3, 0.4) is 0 Å². The molecule has 0 bridgehead atoms. The Kier molecular flexibility index (Phi) is 6.98. The third-order valence-electron chi connectivity index (χ3n) is 6.57. The molecule has 0 saturated carbocycles. The third kappa shape index (κ3) is 5.52. The summed E-state index contributed by atoms with van der Waals surface area (Å²) < 4.78 is 13.5. The molecule has 3 aromatic rings. The summed E-state index contributed by atoms with van der Waals surface area (Å²) >= 11 is 0. The average Bonchev–Trinajstić information content (AvgIpc) is 3.28. The van der Waals surface area contributed by atoms with E-state index in [0.29, 0.717) is 38.5 Å². The summed E-state index contributed by atoms with van der Waals surface area (Å²) in [6.45, 7) is 8.81. The van der Waals surface area contributed by atoms with Crippen LogP contribution >= 0.6 is 0 Å². The molecule has 1 amide bonds. The van der Waals surface area contributed by atoms with Crippen molar-refractivity contribution in [2.24, 2.45) is 0 Å². The van der Waals surface area contributed by atoms with Crippen molar-refractivity contribution in [3.63, 3.8) is 0 Å². The van der Waals surface area contributed by atoms with Gasteiger partial charge in [-0.1, -0.05) is 6.07 Å². The summed E-state index contributed by atoms with van der Waals surface area (Å²) in [4.78, 5) is 25.8. The lowest BCUT2D eigenvalue weighted by Gasteiger charge is -2.36. The molecule has 2 aliphatic rings. The molecule has 2 fully saturated rings. The first-order valence-corrected chi connectivity index (χ1v) is 12.9. The van der Waals surface area contributed by atoms with Gasteiger partial charge >= 0.3 is 6.09 Å². The zero-order chi connectivity index (χ0) is 26.0. The van der Waals surface area contributed by atoms with Crippen LogP contribution in [-0.2, 0) is 15.9 Å². The lowest BCUT2D eigenvalue weighted by Crippen LogP contribution is -2.50. The molecule has 194 valence electrons. The molecule has 0 spiro atoms. The van der Waals surface area contributed by atoms with Crippen molar-refractivity contribution < 1.29 is 14.3 Å². The van der Waals surface area contributed by atoms with E-state index in [1.807, 2.05) is 49.7 Å². The number of rotatable bonds is 4. The number of fused-ring (bicyclic) bond motifs is 1. The number of piperazine rings is 1. The van der Waals surface area contributed by atoms with Crippen molar-refractivity contribution in [2.45, 2.75) is 58.3 Å². The highest BCUT2D eigenvalue weighted by Gasteiger charge is 2.27. The molecule has 1 atom stereocenters. The van der Waals surface area contributed by atoms with Gasteiger partial charge in [0.2, 0.25) is 0 Å². The second kappa shape index (κ2) is 10.3. The van der Waals surface area contributed by atoms with Crippen LogP contribution in [0.1, 0.15) is 52.0 Å². The van der Waals surface area contributed by atoms with Gasteiger partial charge in [-0.2, -0.15) is 10.4 Å². The molecule has 37 heavy (non-hydrogen) atoms. The topological polar surface area (TPSA) is 109 Å². The fraction of sp³-hybridized carbons (Fsp3) is 0.519. The van der Waals surface area contributed by atoms with Crippen LogP contribution in [0, 0.1) is 11.3 Å². The number of carbonyl (C=O) groups is 1. The predicted octanol–water partition coefficient (Wildman–Crippen LogP) is 4.32. The molecule has 5 heterocycles.